The molecule has 2 aromatic heterocycles. The average Bonchev–Trinajstić information content (AvgIpc) is 3.54. The highest BCUT2D eigenvalue weighted by Crippen LogP contribution is 2.37. The van der Waals surface area contributed by atoms with Gasteiger partial charge in [0.2, 0.25) is 5.95 Å². The number of alkyl halides is 3. The topological polar surface area (TPSA) is 121 Å². The predicted molar refractivity (Wildman–Crippen MR) is 111 cm³/mol. The molecule has 0 bridgehead atoms. The third kappa shape index (κ3) is 4.18. The molecule has 10 nitrogen and oxygen atoms in total. The summed E-state index contributed by atoms with van der Waals surface area (Å²) in [5.41, 5.74) is -2.19. The number of aliphatic hydroxyl groups is 2. The number of aliphatic hydroxyl groups excluding tert-OH is 1. The Kier molecular flexibility index (Phi) is 5.63. The van der Waals surface area contributed by atoms with Crippen LogP contribution in [0.2, 0.25) is 0 Å². The van der Waals surface area contributed by atoms with Crippen molar-refractivity contribution in [3.05, 3.63) is 59.4 Å². The van der Waals surface area contributed by atoms with Gasteiger partial charge in [-0.2, -0.15) is 28.2 Å². The van der Waals surface area contributed by atoms with Crippen LogP contribution >= 0.6 is 0 Å². The van der Waals surface area contributed by atoms with Gasteiger partial charge >= 0.3 is 6.18 Å². The fourth-order valence-electron chi connectivity index (χ4n) is 4.66. The fraction of sp³-hybridized carbons (Fsp3) is 0.381. The van der Waals surface area contributed by atoms with Crippen LogP contribution in [0.15, 0.2) is 36.8 Å². The minimum Gasteiger partial charge on any atom is -0.364 e. The molecule has 5 rings (SSSR count). The molecule has 2 unspecified atom stereocenters. The average molecular weight is 493 g/mol. The number of benzene rings is 1. The summed E-state index contributed by atoms with van der Waals surface area (Å²) >= 11 is 0. The molecule has 0 saturated carbocycles. The molecule has 2 saturated heterocycles. The zero-order valence-electron chi connectivity index (χ0n) is 18.0. The van der Waals surface area contributed by atoms with Gasteiger partial charge in [0.05, 0.1) is 18.0 Å². The first-order valence-corrected chi connectivity index (χ1v) is 10.6. The quantitative estimate of drug-likeness (QED) is 0.414. The van der Waals surface area contributed by atoms with Gasteiger partial charge in [-0.05, 0) is 12.1 Å². The smallest absolute Gasteiger partial charge is 0.364 e. The summed E-state index contributed by atoms with van der Waals surface area (Å²) in [5.74, 6) is -1.58. The van der Waals surface area contributed by atoms with Crippen molar-refractivity contribution in [2.45, 2.75) is 12.5 Å². The summed E-state index contributed by atoms with van der Waals surface area (Å²) in [5, 5.41) is 26.4. The maximum atomic E-state index is 14.7. The highest BCUT2D eigenvalue weighted by molar-refractivity contribution is 5.98. The van der Waals surface area contributed by atoms with E-state index < -0.39 is 35.4 Å². The predicted octanol–water partition coefficient (Wildman–Crippen LogP) is 1.41. The number of hydrogen-bond donors (Lipinski definition) is 2. The van der Waals surface area contributed by atoms with E-state index in [2.05, 4.69) is 20.2 Å². The Labute approximate surface area is 195 Å². The Hall–Kier alpha value is -3.65. The number of nitrogens with zero attached hydrogens (tertiary/aromatic N) is 7. The van der Waals surface area contributed by atoms with Crippen molar-refractivity contribution in [2.24, 2.45) is 11.8 Å². The molecule has 35 heavy (non-hydrogen) atoms. The number of halogens is 4. The third-order valence-electron chi connectivity index (χ3n) is 6.25. The van der Waals surface area contributed by atoms with E-state index in [1.54, 1.807) is 4.90 Å². The van der Waals surface area contributed by atoms with Gasteiger partial charge in [0, 0.05) is 44.2 Å². The molecule has 2 aliphatic heterocycles. The third-order valence-corrected chi connectivity index (χ3v) is 6.25. The highest BCUT2D eigenvalue weighted by Gasteiger charge is 2.44. The first-order chi connectivity index (χ1) is 16.6. The maximum absolute atomic E-state index is 14.7. The van der Waals surface area contributed by atoms with Gasteiger partial charge in [0.1, 0.15) is 17.1 Å². The number of fused-ring (bicyclic) bond motifs is 1. The number of anilines is 1. The van der Waals surface area contributed by atoms with E-state index >= 15 is 0 Å². The first kappa shape index (κ1) is 23.1. The summed E-state index contributed by atoms with van der Waals surface area (Å²) in [4.78, 5) is 24.9. The minimum atomic E-state index is -4.89. The molecular formula is C21H19F4N7O3. The second kappa shape index (κ2) is 8.53. The zero-order valence-corrected chi connectivity index (χ0v) is 18.0. The van der Waals surface area contributed by atoms with Gasteiger partial charge in [0.25, 0.3) is 5.91 Å². The standard InChI is InChI=1S/C21H19F4N7O3/c22-14-2-1-3-15(32-27-4-5-28-32)16(14)18(33)30-7-11-9-31(10-12(11)8-30)20-26-6-13(19(34)35)17(29-20)21(23,24)25/h1-6,11-12,19,34-35H,7-10H2. The van der Waals surface area contributed by atoms with E-state index in [-0.39, 0.29) is 55.2 Å². The molecule has 0 spiro atoms. The van der Waals surface area contributed by atoms with Crippen LogP contribution in [0.3, 0.4) is 0 Å². The van der Waals surface area contributed by atoms with Gasteiger partial charge in [0.15, 0.2) is 12.0 Å². The van der Waals surface area contributed by atoms with E-state index in [1.165, 1.54) is 35.5 Å². The van der Waals surface area contributed by atoms with Gasteiger partial charge in [-0.25, -0.2) is 14.4 Å². The molecule has 3 aromatic rings. The maximum Gasteiger partial charge on any atom is 0.434 e. The Morgan fingerprint density at radius 2 is 1.71 bits per heavy atom. The lowest BCUT2D eigenvalue weighted by molar-refractivity contribution is -0.146. The number of carbonyl (C=O) groups excluding carboxylic acids is 1. The Balaban J connectivity index is 1.33. The lowest BCUT2D eigenvalue weighted by atomic mass is 10.0. The van der Waals surface area contributed by atoms with E-state index in [0.29, 0.717) is 0 Å². The molecule has 14 heteroatoms. The molecule has 0 aliphatic carbocycles. The van der Waals surface area contributed by atoms with Crippen LogP contribution in [0.25, 0.3) is 5.69 Å². The summed E-state index contributed by atoms with van der Waals surface area (Å²) < 4.78 is 54.7. The highest BCUT2D eigenvalue weighted by atomic mass is 19.4. The number of amides is 1. The Bertz CT molecular complexity index is 1240. The molecule has 2 N–H and O–H groups in total. The van der Waals surface area contributed by atoms with Crippen molar-refractivity contribution in [3.8, 4) is 5.69 Å². The van der Waals surface area contributed by atoms with Crippen LogP contribution in [0.5, 0.6) is 0 Å². The molecule has 1 amide bonds. The molecule has 4 heterocycles. The number of likely N-dealkylation sites (tertiary alicyclic amines) is 1. The van der Waals surface area contributed by atoms with E-state index in [4.69, 9.17) is 0 Å². The van der Waals surface area contributed by atoms with Gasteiger partial charge in [-0.1, -0.05) is 6.07 Å². The minimum absolute atomic E-state index is 0.0851. The summed E-state index contributed by atoms with van der Waals surface area (Å²) in [6, 6.07) is 4.18. The van der Waals surface area contributed by atoms with Crippen LogP contribution in [0, 0.1) is 17.7 Å². The Morgan fingerprint density at radius 3 is 2.31 bits per heavy atom. The Morgan fingerprint density at radius 1 is 1.06 bits per heavy atom. The van der Waals surface area contributed by atoms with E-state index in [1.807, 2.05) is 0 Å². The van der Waals surface area contributed by atoms with Crippen LogP contribution in [-0.2, 0) is 6.18 Å². The van der Waals surface area contributed by atoms with Crippen molar-refractivity contribution < 1.29 is 32.6 Å². The van der Waals surface area contributed by atoms with Crippen molar-refractivity contribution in [1.29, 1.82) is 0 Å². The molecular weight excluding hydrogens is 474 g/mol. The monoisotopic (exact) mass is 493 g/mol. The van der Waals surface area contributed by atoms with Crippen molar-refractivity contribution >= 4 is 11.9 Å². The van der Waals surface area contributed by atoms with Crippen LogP contribution in [-0.4, -0.2) is 72.2 Å². The van der Waals surface area contributed by atoms with E-state index in [0.717, 1.165) is 11.0 Å². The lowest BCUT2D eigenvalue weighted by Gasteiger charge is -2.23. The summed E-state index contributed by atoms with van der Waals surface area (Å²) in [6.45, 7) is 1.13. The van der Waals surface area contributed by atoms with Crippen LogP contribution in [0.1, 0.15) is 27.9 Å². The molecule has 0 radical (unpaired) electrons. The summed E-state index contributed by atoms with van der Waals surface area (Å²) in [7, 11) is 0. The summed E-state index contributed by atoms with van der Waals surface area (Å²) in [6.07, 6.45) is -3.68. The number of aromatic nitrogens is 5. The molecule has 184 valence electrons. The molecule has 2 aliphatic rings. The van der Waals surface area contributed by atoms with Gasteiger partial charge in [-0.15, -0.1) is 0 Å². The molecule has 2 atom stereocenters. The van der Waals surface area contributed by atoms with Gasteiger partial charge in [-0.3, -0.25) is 4.79 Å². The normalized spacial score (nSPS) is 20.1. The SMILES string of the molecule is O=C(c1c(F)cccc1-n1nccn1)N1CC2CN(c3ncc(C(O)O)c(C(F)(F)F)n3)CC2C1. The zero-order chi connectivity index (χ0) is 24.9. The van der Waals surface area contributed by atoms with Crippen LogP contribution < -0.4 is 4.90 Å². The number of hydrogen-bond acceptors (Lipinski definition) is 8. The first-order valence-electron chi connectivity index (χ1n) is 10.6. The molecule has 2 fully saturated rings. The molecule has 1 aromatic carbocycles. The van der Waals surface area contributed by atoms with E-state index in [9.17, 15) is 32.6 Å². The van der Waals surface area contributed by atoms with Crippen molar-refractivity contribution in [1.82, 2.24) is 29.9 Å². The number of rotatable bonds is 4. The largest absolute Gasteiger partial charge is 0.434 e. The van der Waals surface area contributed by atoms with Crippen molar-refractivity contribution in [2.75, 3.05) is 31.1 Å². The number of carbonyl (C=O) groups is 1. The second-order valence-electron chi connectivity index (χ2n) is 8.43. The van der Waals surface area contributed by atoms with Gasteiger partial charge < -0.3 is 20.0 Å². The van der Waals surface area contributed by atoms with Crippen LogP contribution in [0.4, 0.5) is 23.5 Å². The van der Waals surface area contributed by atoms with Crippen molar-refractivity contribution in [3.63, 3.8) is 0 Å². The second-order valence-corrected chi connectivity index (χ2v) is 8.43. The fourth-order valence-corrected chi connectivity index (χ4v) is 4.66. The lowest BCUT2D eigenvalue weighted by Crippen LogP contribution is -2.35.